The van der Waals surface area contributed by atoms with E-state index in [1.165, 1.54) is 19.3 Å². The van der Waals surface area contributed by atoms with E-state index < -0.39 is 0 Å². The first kappa shape index (κ1) is 10.3. The Morgan fingerprint density at radius 1 is 1.38 bits per heavy atom. The van der Waals surface area contributed by atoms with E-state index in [9.17, 15) is 0 Å². The number of nitrogens with one attached hydrogen (secondary N) is 1. The van der Waals surface area contributed by atoms with Crippen molar-refractivity contribution in [2.45, 2.75) is 38.0 Å². The molecule has 16 heavy (non-hydrogen) atoms. The average Bonchev–Trinajstić information content (AvgIpc) is 2.82. The Morgan fingerprint density at radius 2 is 2.31 bits per heavy atom. The quantitative estimate of drug-likeness (QED) is 0.807. The van der Waals surface area contributed by atoms with E-state index >= 15 is 0 Å². The van der Waals surface area contributed by atoms with Crippen LogP contribution in [0.5, 0.6) is 0 Å². The van der Waals surface area contributed by atoms with Gasteiger partial charge in [-0.25, -0.2) is 0 Å². The van der Waals surface area contributed by atoms with E-state index in [0.29, 0.717) is 12.1 Å². The monoisotopic (exact) mass is 221 g/mol. The summed E-state index contributed by atoms with van der Waals surface area (Å²) in [6.07, 6.45) is 8.21. The molecule has 0 amide bonds. The third-order valence-corrected chi connectivity index (χ3v) is 3.53. The van der Waals surface area contributed by atoms with Crippen molar-refractivity contribution >= 4 is 0 Å². The molecule has 2 aliphatic rings. The zero-order chi connectivity index (χ0) is 10.8. The zero-order valence-electron chi connectivity index (χ0n) is 9.51. The van der Waals surface area contributed by atoms with Crippen LogP contribution in [-0.2, 0) is 11.3 Å². The summed E-state index contributed by atoms with van der Waals surface area (Å²) >= 11 is 0. The van der Waals surface area contributed by atoms with E-state index in [4.69, 9.17) is 4.74 Å². The lowest BCUT2D eigenvalue weighted by atomic mass is 10.1. The van der Waals surface area contributed by atoms with Crippen LogP contribution in [0.4, 0.5) is 0 Å². The van der Waals surface area contributed by atoms with Gasteiger partial charge in [-0.2, -0.15) is 5.10 Å². The van der Waals surface area contributed by atoms with Crippen molar-refractivity contribution in [3.63, 3.8) is 0 Å². The first-order chi connectivity index (χ1) is 7.93. The minimum atomic E-state index is 0.484. The van der Waals surface area contributed by atoms with Gasteiger partial charge in [0.15, 0.2) is 0 Å². The molecule has 3 rings (SSSR count). The molecule has 1 saturated heterocycles. The largest absolute Gasteiger partial charge is 0.376 e. The highest BCUT2D eigenvalue weighted by Gasteiger charge is 2.40. The molecule has 4 heteroatoms. The van der Waals surface area contributed by atoms with E-state index in [1.807, 2.05) is 23.1 Å². The summed E-state index contributed by atoms with van der Waals surface area (Å²) in [5, 5.41) is 7.80. The van der Waals surface area contributed by atoms with Crippen LogP contribution in [0.25, 0.3) is 0 Å². The van der Waals surface area contributed by atoms with Gasteiger partial charge in [-0.1, -0.05) is 0 Å². The van der Waals surface area contributed by atoms with Crippen molar-refractivity contribution in [1.82, 2.24) is 15.1 Å². The first-order valence-corrected chi connectivity index (χ1v) is 6.26. The number of ether oxygens (including phenoxy) is 1. The van der Waals surface area contributed by atoms with Crippen molar-refractivity contribution in [1.29, 1.82) is 0 Å². The van der Waals surface area contributed by atoms with Gasteiger partial charge in [-0.15, -0.1) is 0 Å². The van der Waals surface area contributed by atoms with Gasteiger partial charge < -0.3 is 10.1 Å². The molecule has 1 aromatic rings. The normalized spacial score (nSPS) is 29.8. The number of rotatable bonds is 5. The van der Waals surface area contributed by atoms with Gasteiger partial charge in [0.2, 0.25) is 0 Å². The molecule has 0 bridgehead atoms. The Bertz CT molecular complexity index is 321. The highest BCUT2D eigenvalue weighted by atomic mass is 16.5. The summed E-state index contributed by atoms with van der Waals surface area (Å²) in [5.41, 5.74) is 0. The van der Waals surface area contributed by atoms with Crippen molar-refractivity contribution in [2.75, 3.05) is 13.2 Å². The second-order valence-electron chi connectivity index (χ2n) is 4.79. The number of hydrogen-bond donors (Lipinski definition) is 1. The third kappa shape index (κ3) is 2.28. The smallest absolute Gasteiger partial charge is 0.0756 e. The topological polar surface area (TPSA) is 39.1 Å². The van der Waals surface area contributed by atoms with Gasteiger partial charge in [0.25, 0.3) is 0 Å². The molecule has 2 heterocycles. The molecule has 2 fully saturated rings. The van der Waals surface area contributed by atoms with Crippen LogP contribution in [0, 0.1) is 5.92 Å². The predicted octanol–water partition coefficient (Wildman–Crippen LogP) is 1.04. The Balaban J connectivity index is 1.44. The predicted molar refractivity (Wildman–Crippen MR) is 61.1 cm³/mol. The summed E-state index contributed by atoms with van der Waals surface area (Å²) in [7, 11) is 0. The number of nitrogens with zero attached hydrogens (tertiary/aromatic N) is 2. The van der Waals surface area contributed by atoms with Crippen LogP contribution >= 0.6 is 0 Å². The summed E-state index contributed by atoms with van der Waals surface area (Å²) in [6, 6.07) is 2.54. The molecular weight excluding hydrogens is 202 g/mol. The van der Waals surface area contributed by atoms with E-state index in [-0.39, 0.29) is 0 Å². The molecule has 2 unspecified atom stereocenters. The van der Waals surface area contributed by atoms with Gasteiger partial charge in [0, 0.05) is 31.6 Å². The third-order valence-electron chi connectivity index (χ3n) is 3.53. The second kappa shape index (κ2) is 4.55. The molecule has 1 N–H and O–H groups in total. The van der Waals surface area contributed by atoms with E-state index in [0.717, 1.165) is 25.6 Å². The lowest BCUT2D eigenvalue weighted by molar-refractivity contribution is 0.0810. The maximum atomic E-state index is 5.79. The fourth-order valence-electron chi connectivity index (χ4n) is 2.52. The van der Waals surface area contributed by atoms with Gasteiger partial charge in [-0.3, -0.25) is 4.68 Å². The molecule has 1 aliphatic carbocycles. The van der Waals surface area contributed by atoms with Crippen molar-refractivity contribution in [2.24, 2.45) is 5.92 Å². The number of hydrogen-bond acceptors (Lipinski definition) is 3. The lowest BCUT2D eigenvalue weighted by Crippen LogP contribution is -2.39. The molecule has 0 radical (unpaired) electrons. The molecule has 1 saturated carbocycles. The van der Waals surface area contributed by atoms with Crippen LogP contribution in [-0.4, -0.2) is 35.1 Å². The molecule has 0 aromatic carbocycles. The van der Waals surface area contributed by atoms with Gasteiger partial charge >= 0.3 is 0 Å². The summed E-state index contributed by atoms with van der Waals surface area (Å²) in [6.45, 7) is 2.86. The van der Waals surface area contributed by atoms with Crippen molar-refractivity contribution in [3.05, 3.63) is 18.5 Å². The minimum absolute atomic E-state index is 0.484. The molecule has 4 nitrogen and oxygen atoms in total. The summed E-state index contributed by atoms with van der Waals surface area (Å²) in [4.78, 5) is 0. The fourth-order valence-corrected chi connectivity index (χ4v) is 2.52. The fraction of sp³-hybridized carbons (Fsp3) is 0.750. The molecule has 1 aliphatic heterocycles. The SMILES string of the molecule is c1cnn(CCNC2CCOC2C2CC2)c1. The van der Waals surface area contributed by atoms with E-state index in [2.05, 4.69) is 10.4 Å². The Morgan fingerprint density at radius 3 is 3.06 bits per heavy atom. The lowest BCUT2D eigenvalue weighted by Gasteiger charge is -2.19. The highest BCUT2D eigenvalue weighted by Crippen LogP contribution is 2.38. The summed E-state index contributed by atoms with van der Waals surface area (Å²) in [5.74, 6) is 0.838. The first-order valence-electron chi connectivity index (χ1n) is 6.26. The molecular formula is C12H19N3O. The Kier molecular flexibility index (Phi) is 2.93. The van der Waals surface area contributed by atoms with Crippen LogP contribution in [0.1, 0.15) is 19.3 Å². The van der Waals surface area contributed by atoms with Gasteiger partial charge in [0.05, 0.1) is 12.6 Å². The highest BCUT2D eigenvalue weighted by molar-refractivity contribution is 4.93. The van der Waals surface area contributed by atoms with Crippen LogP contribution in [0.15, 0.2) is 18.5 Å². The van der Waals surface area contributed by atoms with Crippen LogP contribution < -0.4 is 5.32 Å². The molecule has 1 aromatic heterocycles. The molecule has 88 valence electrons. The minimum Gasteiger partial charge on any atom is -0.376 e. The number of aromatic nitrogens is 2. The Hall–Kier alpha value is -0.870. The van der Waals surface area contributed by atoms with Crippen molar-refractivity contribution in [3.8, 4) is 0 Å². The van der Waals surface area contributed by atoms with Gasteiger partial charge in [-0.05, 0) is 31.2 Å². The van der Waals surface area contributed by atoms with Crippen LogP contribution in [0.2, 0.25) is 0 Å². The van der Waals surface area contributed by atoms with Crippen molar-refractivity contribution < 1.29 is 4.74 Å². The van der Waals surface area contributed by atoms with Crippen LogP contribution in [0.3, 0.4) is 0 Å². The van der Waals surface area contributed by atoms with E-state index in [1.54, 1.807) is 0 Å². The molecule has 2 atom stereocenters. The maximum Gasteiger partial charge on any atom is 0.0756 e. The van der Waals surface area contributed by atoms with Gasteiger partial charge in [0.1, 0.15) is 0 Å². The second-order valence-corrected chi connectivity index (χ2v) is 4.79. The Labute approximate surface area is 96.0 Å². The maximum absolute atomic E-state index is 5.79. The average molecular weight is 221 g/mol. The molecule has 0 spiro atoms. The summed E-state index contributed by atoms with van der Waals surface area (Å²) < 4.78 is 7.76. The zero-order valence-corrected chi connectivity index (χ0v) is 9.51. The standard InChI is InChI=1S/C12H19N3O/c1-5-14-15(7-1)8-6-13-11-4-9-16-12(11)10-2-3-10/h1,5,7,10-13H,2-4,6,8-9H2.